The predicted octanol–water partition coefficient (Wildman–Crippen LogP) is 6.34. The van der Waals surface area contributed by atoms with Crippen LogP contribution in [0.25, 0.3) is 0 Å². The Morgan fingerprint density at radius 3 is 2.17 bits per heavy atom. The monoisotopic (exact) mass is 518 g/mol. The third kappa shape index (κ3) is 6.08. The van der Waals surface area contributed by atoms with Gasteiger partial charge in [-0.2, -0.15) is 0 Å². The van der Waals surface area contributed by atoms with Crippen LogP contribution in [0.15, 0.2) is 113 Å². The highest BCUT2D eigenvalue weighted by Gasteiger charge is 2.27. The Bertz CT molecular complexity index is 1420. The van der Waals surface area contributed by atoms with Gasteiger partial charge in [-0.3, -0.25) is 9.10 Å². The Balaban J connectivity index is 1.61. The minimum Gasteiger partial charge on any atom is -0.455 e. The summed E-state index contributed by atoms with van der Waals surface area (Å²) in [7, 11) is -4.01. The Kier molecular flexibility index (Phi) is 7.97. The molecule has 0 spiro atoms. The van der Waals surface area contributed by atoms with E-state index in [4.69, 9.17) is 4.74 Å². The first kappa shape index (κ1) is 25.3. The zero-order valence-electron chi connectivity index (χ0n) is 19.9. The molecule has 0 aliphatic carbocycles. The molecule has 0 saturated heterocycles. The second-order valence-corrected chi connectivity index (χ2v) is 10.7. The van der Waals surface area contributed by atoms with Gasteiger partial charge in [-0.15, -0.1) is 11.8 Å². The summed E-state index contributed by atoms with van der Waals surface area (Å²) in [5.74, 6) is 0.579. The van der Waals surface area contributed by atoms with Crippen molar-refractivity contribution in [2.45, 2.75) is 16.7 Å². The van der Waals surface area contributed by atoms with Crippen molar-refractivity contribution in [3.8, 4) is 11.5 Å². The van der Waals surface area contributed by atoms with E-state index < -0.39 is 22.5 Å². The minimum atomic E-state index is -4.01. The topological polar surface area (TPSA) is 75.7 Å². The molecule has 4 aromatic rings. The summed E-state index contributed by atoms with van der Waals surface area (Å²) in [5.41, 5.74) is 1.83. The molecule has 4 rings (SSSR count). The summed E-state index contributed by atoms with van der Waals surface area (Å²) in [4.78, 5) is 14.2. The van der Waals surface area contributed by atoms with Crippen LogP contribution in [0, 0.1) is 6.92 Å². The number of rotatable bonds is 9. The number of carbonyl (C=O) groups is 1. The van der Waals surface area contributed by atoms with E-state index in [-0.39, 0.29) is 4.90 Å². The van der Waals surface area contributed by atoms with E-state index in [0.29, 0.717) is 22.9 Å². The number of hydrogen-bond donors (Lipinski definition) is 1. The molecule has 0 bridgehead atoms. The maximum absolute atomic E-state index is 13.6. The SMILES string of the molecule is CSc1ccc(S(=O)(=O)N(CC(=O)Nc2ccccc2Oc2ccccc2)c2ccc(C)cc2)cc1. The lowest BCUT2D eigenvalue weighted by atomic mass is 10.2. The van der Waals surface area contributed by atoms with E-state index >= 15 is 0 Å². The number of thioether (sulfide) groups is 1. The Labute approximate surface area is 216 Å². The van der Waals surface area contributed by atoms with E-state index in [1.807, 2.05) is 55.6 Å². The molecule has 0 heterocycles. The zero-order chi connectivity index (χ0) is 25.5. The number of sulfonamides is 1. The average Bonchev–Trinajstić information content (AvgIpc) is 2.89. The van der Waals surface area contributed by atoms with E-state index in [2.05, 4.69) is 5.32 Å². The van der Waals surface area contributed by atoms with Crippen LogP contribution in [-0.2, 0) is 14.8 Å². The highest BCUT2D eigenvalue weighted by Crippen LogP contribution is 2.30. The Morgan fingerprint density at radius 1 is 0.861 bits per heavy atom. The van der Waals surface area contributed by atoms with Crippen molar-refractivity contribution in [1.29, 1.82) is 0 Å². The van der Waals surface area contributed by atoms with Crippen LogP contribution < -0.4 is 14.4 Å². The van der Waals surface area contributed by atoms with Crippen LogP contribution in [0.4, 0.5) is 11.4 Å². The summed E-state index contributed by atoms with van der Waals surface area (Å²) < 4.78 is 34.3. The predicted molar refractivity (Wildman–Crippen MR) is 146 cm³/mol. The molecule has 4 aromatic carbocycles. The largest absolute Gasteiger partial charge is 0.455 e. The van der Waals surface area contributed by atoms with E-state index in [1.54, 1.807) is 60.7 Å². The molecule has 0 saturated carbocycles. The highest BCUT2D eigenvalue weighted by molar-refractivity contribution is 7.98. The minimum absolute atomic E-state index is 0.112. The number of carbonyl (C=O) groups excluding carboxylic acids is 1. The standard InChI is InChI=1S/C28H26N2O4S2/c1-21-12-14-22(15-13-21)30(36(32,33)25-18-16-24(35-2)17-19-25)20-28(31)29-26-10-6-7-11-27(26)34-23-8-4-3-5-9-23/h3-19H,20H2,1-2H3,(H,29,31). The van der Waals surface area contributed by atoms with Crippen LogP contribution in [-0.4, -0.2) is 27.1 Å². The normalized spacial score (nSPS) is 11.1. The molecule has 36 heavy (non-hydrogen) atoms. The van der Waals surface area contributed by atoms with E-state index in [0.717, 1.165) is 14.8 Å². The molecule has 0 aliphatic rings. The Morgan fingerprint density at radius 2 is 1.50 bits per heavy atom. The van der Waals surface area contributed by atoms with Gasteiger partial charge in [0.2, 0.25) is 5.91 Å². The first-order valence-corrected chi connectivity index (χ1v) is 13.9. The van der Waals surface area contributed by atoms with Gasteiger partial charge >= 0.3 is 0 Å². The molecule has 184 valence electrons. The van der Waals surface area contributed by atoms with Crippen molar-refractivity contribution in [3.05, 3.63) is 109 Å². The van der Waals surface area contributed by atoms with Gasteiger partial charge in [-0.25, -0.2) is 8.42 Å². The molecule has 0 aromatic heterocycles. The van der Waals surface area contributed by atoms with Crippen molar-refractivity contribution < 1.29 is 17.9 Å². The lowest BCUT2D eigenvalue weighted by molar-refractivity contribution is -0.114. The molecule has 8 heteroatoms. The van der Waals surface area contributed by atoms with Gasteiger partial charge in [0.15, 0.2) is 5.75 Å². The van der Waals surface area contributed by atoms with Gasteiger partial charge in [0, 0.05) is 4.90 Å². The summed E-state index contributed by atoms with van der Waals surface area (Å²) in [6, 6.07) is 29.9. The molecule has 0 fully saturated rings. The fraction of sp³-hybridized carbons (Fsp3) is 0.107. The van der Waals surface area contributed by atoms with Gasteiger partial charge in [0.05, 0.1) is 16.3 Å². The van der Waals surface area contributed by atoms with Crippen LogP contribution in [0.5, 0.6) is 11.5 Å². The molecule has 1 amide bonds. The summed E-state index contributed by atoms with van der Waals surface area (Å²) in [5, 5.41) is 2.81. The summed E-state index contributed by atoms with van der Waals surface area (Å²) in [6.45, 7) is 1.51. The number of nitrogens with zero attached hydrogens (tertiary/aromatic N) is 1. The molecule has 1 N–H and O–H groups in total. The molecule has 0 radical (unpaired) electrons. The molecule has 6 nitrogen and oxygen atoms in total. The number of aryl methyl sites for hydroxylation is 1. The van der Waals surface area contributed by atoms with Crippen LogP contribution in [0.2, 0.25) is 0 Å². The number of benzene rings is 4. The summed E-state index contributed by atoms with van der Waals surface area (Å²) in [6.07, 6.45) is 1.92. The molecule has 0 aliphatic heterocycles. The van der Waals surface area contributed by atoms with Crippen molar-refractivity contribution in [3.63, 3.8) is 0 Å². The maximum atomic E-state index is 13.6. The van der Waals surface area contributed by atoms with Gasteiger partial charge < -0.3 is 10.1 Å². The van der Waals surface area contributed by atoms with Gasteiger partial charge in [-0.1, -0.05) is 48.0 Å². The Hall–Kier alpha value is -3.75. The van der Waals surface area contributed by atoms with Crippen molar-refractivity contribution in [2.24, 2.45) is 0 Å². The number of anilines is 2. The average molecular weight is 519 g/mol. The first-order valence-electron chi connectivity index (χ1n) is 11.2. The van der Waals surface area contributed by atoms with Gasteiger partial charge in [0.25, 0.3) is 10.0 Å². The van der Waals surface area contributed by atoms with E-state index in [1.165, 1.54) is 11.8 Å². The second-order valence-electron chi connectivity index (χ2n) is 7.98. The second kappa shape index (κ2) is 11.3. The summed E-state index contributed by atoms with van der Waals surface area (Å²) >= 11 is 1.52. The number of para-hydroxylation sites is 3. The molecular weight excluding hydrogens is 492 g/mol. The van der Waals surface area contributed by atoms with Gasteiger partial charge in [0.1, 0.15) is 12.3 Å². The number of nitrogens with one attached hydrogen (secondary N) is 1. The number of hydrogen-bond acceptors (Lipinski definition) is 5. The van der Waals surface area contributed by atoms with Crippen LogP contribution in [0.3, 0.4) is 0 Å². The van der Waals surface area contributed by atoms with Crippen molar-refractivity contribution in [2.75, 3.05) is 22.4 Å². The first-order chi connectivity index (χ1) is 17.4. The number of amides is 1. The highest BCUT2D eigenvalue weighted by atomic mass is 32.2. The van der Waals surface area contributed by atoms with E-state index in [9.17, 15) is 13.2 Å². The third-order valence-electron chi connectivity index (χ3n) is 5.39. The lowest BCUT2D eigenvalue weighted by Gasteiger charge is -2.24. The fourth-order valence-corrected chi connectivity index (χ4v) is 5.32. The van der Waals surface area contributed by atoms with Gasteiger partial charge in [-0.05, 0) is 73.8 Å². The molecule has 0 unspecified atom stereocenters. The quantitative estimate of drug-likeness (QED) is 0.262. The molecule has 0 atom stereocenters. The number of ether oxygens (including phenoxy) is 1. The van der Waals surface area contributed by atoms with Crippen LogP contribution in [0.1, 0.15) is 5.56 Å². The zero-order valence-corrected chi connectivity index (χ0v) is 21.6. The molecular formula is C28H26N2O4S2. The van der Waals surface area contributed by atoms with Crippen molar-refractivity contribution in [1.82, 2.24) is 0 Å². The fourth-order valence-electron chi connectivity index (χ4n) is 3.50. The maximum Gasteiger partial charge on any atom is 0.264 e. The third-order valence-corrected chi connectivity index (χ3v) is 7.92. The van der Waals surface area contributed by atoms with Crippen molar-refractivity contribution >= 4 is 39.1 Å². The smallest absolute Gasteiger partial charge is 0.264 e. The lowest BCUT2D eigenvalue weighted by Crippen LogP contribution is -2.38. The van der Waals surface area contributed by atoms with Crippen LogP contribution >= 0.6 is 11.8 Å².